The predicted octanol–water partition coefficient (Wildman–Crippen LogP) is 3.65. The van der Waals surface area contributed by atoms with Crippen molar-refractivity contribution < 1.29 is 8.42 Å². The molecule has 0 aromatic carbocycles. The Bertz CT molecular complexity index is 453. The molecule has 21 heavy (non-hydrogen) atoms. The minimum atomic E-state index is -2.91. The molecule has 1 heterocycles. The summed E-state index contributed by atoms with van der Waals surface area (Å²) in [5.41, 5.74) is 0. The van der Waals surface area contributed by atoms with Crippen molar-refractivity contribution in [2.75, 3.05) is 12.3 Å². The Morgan fingerprint density at radius 3 is 2.10 bits per heavy atom. The van der Waals surface area contributed by atoms with Crippen molar-refractivity contribution in [3.05, 3.63) is 0 Å². The van der Waals surface area contributed by atoms with Crippen molar-refractivity contribution in [3.8, 4) is 0 Å². The van der Waals surface area contributed by atoms with Gasteiger partial charge in [-0.2, -0.15) is 4.31 Å². The largest absolute Gasteiger partial charge is 0.214 e. The van der Waals surface area contributed by atoms with E-state index in [4.69, 9.17) is 0 Å². The van der Waals surface area contributed by atoms with Crippen molar-refractivity contribution in [2.45, 2.75) is 71.3 Å². The van der Waals surface area contributed by atoms with Crippen LogP contribution in [-0.2, 0) is 10.0 Å². The summed E-state index contributed by atoms with van der Waals surface area (Å²) in [5.74, 6) is 3.92. The molecule has 0 amide bonds. The van der Waals surface area contributed by atoms with Gasteiger partial charge in [0.25, 0.3) is 0 Å². The molecule has 1 saturated heterocycles. The highest BCUT2D eigenvalue weighted by Gasteiger charge is 2.38. The van der Waals surface area contributed by atoms with Crippen LogP contribution >= 0.6 is 0 Å². The van der Waals surface area contributed by atoms with Gasteiger partial charge in [-0.05, 0) is 68.6 Å². The minimum Gasteiger partial charge on any atom is -0.212 e. The van der Waals surface area contributed by atoms with Crippen molar-refractivity contribution in [1.82, 2.24) is 4.31 Å². The fraction of sp³-hybridized carbons (Fsp3) is 1.00. The summed E-state index contributed by atoms with van der Waals surface area (Å²) in [4.78, 5) is 0. The van der Waals surface area contributed by atoms with Gasteiger partial charge in [-0.25, -0.2) is 8.42 Å². The summed E-state index contributed by atoms with van der Waals surface area (Å²) in [6.45, 7) is 5.59. The van der Waals surface area contributed by atoms with Crippen LogP contribution in [0.2, 0.25) is 0 Å². The molecule has 2 saturated carbocycles. The van der Waals surface area contributed by atoms with E-state index in [9.17, 15) is 8.42 Å². The summed E-state index contributed by atoms with van der Waals surface area (Å²) < 4.78 is 25.9. The smallest absolute Gasteiger partial charge is 0.212 e. The van der Waals surface area contributed by atoms with E-state index in [1.54, 1.807) is 0 Å². The van der Waals surface area contributed by atoms with Gasteiger partial charge in [0.1, 0.15) is 0 Å². The average molecular weight is 314 g/mol. The average Bonchev–Trinajstić information content (AvgIpc) is 2.82. The molecule has 3 unspecified atom stereocenters. The van der Waals surface area contributed by atoms with Crippen LogP contribution in [0, 0.1) is 23.7 Å². The van der Waals surface area contributed by atoms with Crippen LogP contribution < -0.4 is 0 Å². The Labute approximate surface area is 130 Å². The zero-order valence-corrected chi connectivity index (χ0v) is 14.4. The quantitative estimate of drug-likeness (QED) is 0.780. The standard InChI is InChI=1S/C17H31NO2S/c1-13-4-5-16(12-14(13)2)15-6-8-17(9-7-15)18-10-3-11-21(18,19)20/h13-17H,3-12H2,1-2H3. The van der Waals surface area contributed by atoms with Gasteiger partial charge in [0.05, 0.1) is 5.75 Å². The molecule has 0 N–H and O–H groups in total. The monoisotopic (exact) mass is 313 g/mol. The van der Waals surface area contributed by atoms with E-state index in [1.807, 2.05) is 4.31 Å². The molecule has 1 aliphatic heterocycles. The number of rotatable bonds is 2. The van der Waals surface area contributed by atoms with E-state index in [1.165, 1.54) is 32.1 Å². The van der Waals surface area contributed by atoms with Gasteiger partial charge >= 0.3 is 0 Å². The Kier molecular flexibility index (Phi) is 4.66. The highest BCUT2D eigenvalue weighted by atomic mass is 32.2. The van der Waals surface area contributed by atoms with Gasteiger partial charge < -0.3 is 0 Å². The van der Waals surface area contributed by atoms with E-state index in [0.29, 0.717) is 11.8 Å². The molecule has 4 heteroatoms. The zero-order valence-electron chi connectivity index (χ0n) is 13.6. The number of nitrogens with zero attached hydrogens (tertiary/aromatic N) is 1. The van der Waals surface area contributed by atoms with E-state index >= 15 is 0 Å². The summed E-state index contributed by atoms with van der Waals surface area (Å²) >= 11 is 0. The molecule has 3 atom stereocenters. The minimum absolute atomic E-state index is 0.314. The lowest BCUT2D eigenvalue weighted by Crippen LogP contribution is -2.40. The molecular formula is C17H31NO2S. The first kappa shape index (κ1) is 15.8. The number of hydrogen-bond acceptors (Lipinski definition) is 2. The van der Waals surface area contributed by atoms with Gasteiger partial charge in [-0.3, -0.25) is 0 Å². The molecule has 2 aliphatic carbocycles. The molecule has 3 nitrogen and oxygen atoms in total. The lowest BCUT2D eigenvalue weighted by atomic mass is 9.67. The van der Waals surface area contributed by atoms with Crippen LogP contribution in [0.25, 0.3) is 0 Å². The molecule has 122 valence electrons. The Hall–Kier alpha value is -0.0900. The molecule has 3 aliphatic rings. The van der Waals surface area contributed by atoms with E-state index in [0.717, 1.165) is 49.5 Å². The first-order chi connectivity index (χ1) is 9.97. The van der Waals surface area contributed by atoms with Crippen LogP contribution in [0.4, 0.5) is 0 Å². The third-order valence-electron chi connectivity index (χ3n) is 6.59. The molecule has 0 aromatic heterocycles. The zero-order chi connectivity index (χ0) is 15.0. The van der Waals surface area contributed by atoms with Crippen molar-refractivity contribution >= 4 is 10.0 Å². The third kappa shape index (κ3) is 3.31. The third-order valence-corrected chi connectivity index (χ3v) is 8.59. The maximum absolute atomic E-state index is 12.0. The van der Waals surface area contributed by atoms with Gasteiger partial charge in [0, 0.05) is 12.6 Å². The molecule has 0 bridgehead atoms. The predicted molar refractivity (Wildman–Crippen MR) is 86.5 cm³/mol. The maximum Gasteiger partial charge on any atom is 0.214 e. The van der Waals surface area contributed by atoms with Gasteiger partial charge in [-0.15, -0.1) is 0 Å². The molecule has 0 spiro atoms. The summed E-state index contributed by atoms with van der Waals surface area (Å²) in [7, 11) is -2.91. The van der Waals surface area contributed by atoms with Crippen LogP contribution in [0.3, 0.4) is 0 Å². The normalized spacial score (nSPS) is 44.8. The number of sulfonamides is 1. The van der Waals surface area contributed by atoms with Gasteiger partial charge in [-0.1, -0.05) is 20.3 Å². The second-order valence-electron chi connectivity index (χ2n) is 7.88. The molecule has 3 rings (SSSR count). The van der Waals surface area contributed by atoms with Gasteiger partial charge in [0.2, 0.25) is 10.0 Å². The van der Waals surface area contributed by atoms with Crippen molar-refractivity contribution in [3.63, 3.8) is 0 Å². The molecule has 0 radical (unpaired) electrons. The van der Waals surface area contributed by atoms with Crippen molar-refractivity contribution in [2.24, 2.45) is 23.7 Å². The van der Waals surface area contributed by atoms with Crippen LogP contribution in [0.15, 0.2) is 0 Å². The Morgan fingerprint density at radius 1 is 0.857 bits per heavy atom. The van der Waals surface area contributed by atoms with Crippen LogP contribution in [0.1, 0.15) is 65.2 Å². The Balaban J connectivity index is 1.54. The Morgan fingerprint density at radius 2 is 1.52 bits per heavy atom. The molecule has 0 aromatic rings. The topological polar surface area (TPSA) is 37.4 Å². The second kappa shape index (κ2) is 6.19. The van der Waals surface area contributed by atoms with Gasteiger partial charge in [0.15, 0.2) is 0 Å². The number of hydrogen-bond donors (Lipinski definition) is 0. The first-order valence-electron chi connectivity index (χ1n) is 8.97. The first-order valence-corrected chi connectivity index (χ1v) is 10.6. The van der Waals surface area contributed by atoms with Crippen LogP contribution in [-0.4, -0.2) is 31.1 Å². The van der Waals surface area contributed by atoms with E-state index in [-0.39, 0.29) is 0 Å². The molecule has 3 fully saturated rings. The lowest BCUT2D eigenvalue weighted by molar-refractivity contribution is 0.111. The van der Waals surface area contributed by atoms with E-state index in [2.05, 4.69) is 13.8 Å². The summed E-state index contributed by atoms with van der Waals surface area (Å²) in [5, 5.41) is 0. The summed E-state index contributed by atoms with van der Waals surface area (Å²) in [6.07, 6.45) is 9.74. The fourth-order valence-electron chi connectivity index (χ4n) is 4.95. The van der Waals surface area contributed by atoms with Crippen molar-refractivity contribution in [1.29, 1.82) is 0 Å². The highest BCUT2D eigenvalue weighted by Crippen LogP contribution is 2.43. The lowest BCUT2D eigenvalue weighted by Gasteiger charge is -2.41. The highest BCUT2D eigenvalue weighted by molar-refractivity contribution is 7.89. The van der Waals surface area contributed by atoms with Crippen LogP contribution in [0.5, 0.6) is 0 Å². The fourth-order valence-corrected chi connectivity index (χ4v) is 6.75. The second-order valence-corrected chi connectivity index (χ2v) is 9.92. The maximum atomic E-state index is 12.0. The summed E-state index contributed by atoms with van der Waals surface area (Å²) in [6, 6.07) is 0.314. The SMILES string of the molecule is CC1CCC(C2CCC(N3CCCS3(=O)=O)CC2)CC1C. The molecular weight excluding hydrogens is 282 g/mol. The van der Waals surface area contributed by atoms with E-state index < -0.39 is 10.0 Å².